The predicted molar refractivity (Wildman–Crippen MR) is 128 cm³/mol. The molecular formula is C25H22ClN3O4. The van der Waals surface area contributed by atoms with Gasteiger partial charge in [-0.05, 0) is 74.4 Å². The van der Waals surface area contributed by atoms with Gasteiger partial charge in [0.2, 0.25) is 0 Å². The number of esters is 1. The van der Waals surface area contributed by atoms with Crippen LogP contribution in [0.4, 0.5) is 5.69 Å². The molecule has 0 aliphatic rings. The first-order valence-corrected chi connectivity index (χ1v) is 10.4. The Morgan fingerprint density at radius 2 is 1.58 bits per heavy atom. The molecule has 0 saturated carbocycles. The number of benzene rings is 3. The lowest BCUT2D eigenvalue weighted by atomic mass is 10.1. The average molecular weight is 464 g/mol. The van der Waals surface area contributed by atoms with Gasteiger partial charge in [-0.15, -0.1) is 0 Å². The van der Waals surface area contributed by atoms with Gasteiger partial charge in [-0.1, -0.05) is 35.9 Å². The molecule has 3 aromatic rings. The number of nitrogens with one attached hydrogen (secondary N) is 2. The van der Waals surface area contributed by atoms with Gasteiger partial charge in [0, 0.05) is 16.3 Å². The van der Waals surface area contributed by atoms with E-state index in [0.717, 1.165) is 11.1 Å². The van der Waals surface area contributed by atoms with E-state index in [-0.39, 0.29) is 5.75 Å². The molecule has 0 bridgehead atoms. The van der Waals surface area contributed by atoms with Gasteiger partial charge >= 0.3 is 17.8 Å². The number of carbonyl (C=O) groups excluding carboxylic acids is 3. The second-order valence-corrected chi connectivity index (χ2v) is 7.80. The first-order valence-electron chi connectivity index (χ1n) is 10.0. The van der Waals surface area contributed by atoms with E-state index in [0.29, 0.717) is 27.5 Å². The molecular weight excluding hydrogens is 442 g/mol. The van der Waals surface area contributed by atoms with Crippen molar-refractivity contribution in [1.82, 2.24) is 5.43 Å². The smallest absolute Gasteiger partial charge is 0.343 e. The first-order chi connectivity index (χ1) is 15.7. The number of aryl methyl sites for hydroxylation is 2. The van der Waals surface area contributed by atoms with Crippen molar-refractivity contribution < 1.29 is 19.1 Å². The summed E-state index contributed by atoms with van der Waals surface area (Å²) >= 11 is 5.94. The van der Waals surface area contributed by atoms with Crippen LogP contribution in [0.5, 0.6) is 5.75 Å². The highest BCUT2D eigenvalue weighted by Crippen LogP contribution is 2.21. The summed E-state index contributed by atoms with van der Waals surface area (Å²) in [6, 6.07) is 18.6. The van der Waals surface area contributed by atoms with Gasteiger partial charge in [-0.3, -0.25) is 9.59 Å². The number of hydrogen-bond donors (Lipinski definition) is 2. The summed E-state index contributed by atoms with van der Waals surface area (Å²) in [5.74, 6) is -2.12. The molecule has 33 heavy (non-hydrogen) atoms. The lowest BCUT2D eigenvalue weighted by Gasteiger charge is -2.10. The third-order valence-corrected chi connectivity index (χ3v) is 4.79. The fraction of sp³-hybridized carbons (Fsp3) is 0.120. The fourth-order valence-corrected chi connectivity index (χ4v) is 3.30. The number of halogens is 1. The van der Waals surface area contributed by atoms with Crippen LogP contribution in [-0.2, 0) is 9.59 Å². The van der Waals surface area contributed by atoms with Crippen molar-refractivity contribution in [3.05, 3.63) is 94.0 Å². The average Bonchev–Trinajstić information content (AvgIpc) is 2.76. The van der Waals surface area contributed by atoms with E-state index in [1.807, 2.05) is 19.9 Å². The van der Waals surface area contributed by atoms with Crippen LogP contribution in [0.1, 0.15) is 34.0 Å². The zero-order valence-corrected chi connectivity index (χ0v) is 19.1. The summed E-state index contributed by atoms with van der Waals surface area (Å²) in [5.41, 5.74) is 5.79. The summed E-state index contributed by atoms with van der Waals surface area (Å²) in [7, 11) is 0. The molecule has 0 aliphatic heterocycles. The van der Waals surface area contributed by atoms with E-state index >= 15 is 0 Å². The van der Waals surface area contributed by atoms with Crippen molar-refractivity contribution in [1.29, 1.82) is 0 Å². The van der Waals surface area contributed by atoms with E-state index < -0.39 is 17.8 Å². The van der Waals surface area contributed by atoms with Gasteiger partial charge in [0.05, 0.1) is 11.3 Å². The third-order valence-electron chi connectivity index (χ3n) is 4.55. The van der Waals surface area contributed by atoms with Crippen molar-refractivity contribution in [2.45, 2.75) is 20.8 Å². The summed E-state index contributed by atoms with van der Waals surface area (Å²) in [6.45, 7) is 5.41. The Labute approximate surface area is 196 Å². The SMILES string of the molecule is CC(=NNC(=O)C(=O)Nc1cc(C)cc(C)c1)c1ccccc1OC(=O)c1cccc(Cl)c1. The molecule has 2 amide bonds. The van der Waals surface area contributed by atoms with Gasteiger partial charge in [0.15, 0.2) is 0 Å². The standard InChI is InChI=1S/C25H22ClN3O4/c1-15-11-16(2)13-20(12-15)27-23(30)24(31)29-28-17(3)21-9-4-5-10-22(21)33-25(32)18-7-6-8-19(26)14-18/h4-14H,1-3H3,(H,27,30)(H,29,31). The number of ether oxygens (including phenoxy) is 1. The van der Waals surface area contributed by atoms with Crippen LogP contribution in [0.2, 0.25) is 5.02 Å². The van der Waals surface area contributed by atoms with Crippen LogP contribution in [-0.4, -0.2) is 23.5 Å². The van der Waals surface area contributed by atoms with E-state index in [2.05, 4.69) is 15.8 Å². The second-order valence-electron chi connectivity index (χ2n) is 7.36. The van der Waals surface area contributed by atoms with Gasteiger partial charge in [0.25, 0.3) is 0 Å². The van der Waals surface area contributed by atoms with Crippen LogP contribution < -0.4 is 15.5 Å². The third kappa shape index (κ3) is 6.51. The van der Waals surface area contributed by atoms with E-state index in [4.69, 9.17) is 16.3 Å². The van der Waals surface area contributed by atoms with Gasteiger partial charge in [-0.25, -0.2) is 10.2 Å². The molecule has 2 N–H and O–H groups in total. The highest BCUT2D eigenvalue weighted by molar-refractivity contribution is 6.39. The quantitative estimate of drug-likeness (QED) is 0.189. The summed E-state index contributed by atoms with van der Waals surface area (Å²) in [6.07, 6.45) is 0. The second kappa shape index (κ2) is 10.6. The van der Waals surface area contributed by atoms with Crippen molar-refractivity contribution in [3.63, 3.8) is 0 Å². The number of nitrogens with zero attached hydrogens (tertiary/aromatic N) is 1. The van der Waals surface area contributed by atoms with Crippen LogP contribution in [0.3, 0.4) is 0 Å². The Kier molecular flexibility index (Phi) is 7.58. The lowest BCUT2D eigenvalue weighted by Crippen LogP contribution is -2.33. The zero-order chi connectivity index (χ0) is 24.0. The number of anilines is 1. The molecule has 0 spiro atoms. The maximum atomic E-state index is 12.5. The minimum Gasteiger partial charge on any atom is -0.422 e. The Hall–Kier alpha value is -3.97. The summed E-state index contributed by atoms with van der Waals surface area (Å²) < 4.78 is 5.49. The van der Waals surface area contributed by atoms with Crippen molar-refractivity contribution in [3.8, 4) is 5.75 Å². The zero-order valence-electron chi connectivity index (χ0n) is 18.3. The highest BCUT2D eigenvalue weighted by Gasteiger charge is 2.16. The highest BCUT2D eigenvalue weighted by atomic mass is 35.5. The molecule has 3 aromatic carbocycles. The Bertz CT molecular complexity index is 1230. The molecule has 0 saturated heterocycles. The molecule has 7 nitrogen and oxygen atoms in total. The monoisotopic (exact) mass is 463 g/mol. The molecule has 3 rings (SSSR count). The number of rotatable bonds is 5. The number of para-hydroxylation sites is 1. The summed E-state index contributed by atoms with van der Waals surface area (Å²) in [5, 5.41) is 6.95. The van der Waals surface area contributed by atoms with Crippen LogP contribution in [0, 0.1) is 13.8 Å². The molecule has 0 unspecified atom stereocenters. The number of carbonyl (C=O) groups is 3. The van der Waals surface area contributed by atoms with Crippen LogP contribution in [0.15, 0.2) is 71.8 Å². The van der Waals surface area contributed by atoms with Gasteiger partial charge in [0.1, 0.15) is 5.75 Å². The number of hydrogen-bond acceptors (Lipinski definition) is 5. The molecule has 0 atom stereocenters. The normalized spacial score (nSPS) is 11.0. The van der Waals surface area contributed by atoms with Crippen molar-refractivity contribution in [2.75, 3.05) is 5.32 Å². The predicted octanol–water partition coefficient (Wildman–Crippen LogP) is 4.65. The Morgan fingerprint density at radius 1 is 0.879 bits per heavy atom. The largest absolute Gasteiger partial charge is 0.422 e. The van der Waals surface area contributed by atoms with Crippen LogP contribution >= 0.6 is 11.6 Å². The molecule has 0 aromatic heterocycles. The minimum atomic E-state index is -0.929. The maximum absolute atomic E-state index is 12.5. The fourth-order valence-electron chi connectivity index (χ4n) is 3.11. The van der Waals surface area contributed by atoms with E-state index in [9.17, 15) is 14.4 Å². The molecule has 0 radical (unpaired) electrons. The topological polar surface area (TPSA) is 96.9 Å². The molecule has 8 heteroatoms. The number of hydrazone groups is 1. The van der Waals surface area contributed by atoms with E-state index in [1.54, 1.807) is 61.5 Å². The molecule has 0 fully saturated rings. The summed E-state index contributed by atoms with van der Waals surface area (Å²) in [4.78, 5) is 36.9. The van der Waals surface area contributed by atoms with Crippen LogP contribution in [0.25, 0.3) is 0 Å². The Balaban J connectivity index is 1.69. The Morgan fingerprint density at radius 3 is 2.27 bits per heavy atom. The molecule has 0 aliphatic carbocycles. The van der Waals surface area contributed by atoms with Gasteiger partial charge in [-0.2, -0.15) is 5.10 Å². The van der Waals surface area contributed by atoms with E-state index in [1.165, 1.54) is 6.07 Å². The molecule has 0 heterocycles. The minimum absolute atomic E-state index is 0.248. The number of amides is 2. The maximum Gasteiger partial charge on any atom is 0.343 e. The molecule has 168 valence electrons. The first kappa shape index (κ1) is 23.7. The lowest BCUT2D eigenvalue weighted by molar-refractivity contribution is -0.136. The van der Waals surface area contributed by atoms with Crippen molar-refractivity contribution >= 4 is 40.8 Å². The van der Waals surface area contributed by atoms with Crippen molar-refractivity contribution in [2.24, 2.45) is 5.10 Å². The van der Waals surface area contributed by atoms with Gasteiger partial charge < -0.3 is 10.1 Å².